The summed E-state index contributed by atoms with van der Waals surface area (Å²) in [4.78, 5) is 4.62. The zero-order valence-electron chi connectivity index (χ0n) is 12.3. The number of aliphatic hydroxyl groups excluding tert-OH is 1. The van der Waals surface area contributed by atoms with Crippen LogP contribution in [0.3, 0.4) is 0 Å². The van der Waals surface area contributed by atoms with E-state index >= 15 is 0 Å². The lowest BCUT2D eigenvalue weighted by molar-refractivity contribution is 0.0572. The molecule has 3 nitrogen and oxygen atoms in total. The smallest absolute Gasteiger partial charge is 0.0957 e. The van der Waals surface area contributed by atoms with Crippen molar-refractivity contribution in [3.05, 3.63) is 35.4 Å². The number of hydrogen-bond acceptors (Lipinski definition) is 3. The molecule has 0 saturated carbocycles. The molecule has 19 heavy (non-hydrogen) atoms. The van der Waals surface area contributed by atoms with Crippen LogP contribution in [0, 0.1) is 0 Å². The van der Waals surface area contributed by atoms with Gasteiger partial charge in [-0.15, -0.1) is 0 Å². The molecule has 2 atom stereocenters. The molecule has 0 amide bonds. The Morgan fingerprint density at radius 1 is 1.32 bits per heavy atom. The maximum Gasteiger partial charge on any atom is 0.0957 e. The standard InChI is InChI=1S/C16H26N2O/c1-4-13-7-5-8-14(11-13)16(19)15-12-17(2)9-6-10-18(15)3/h5,7-8,11,15-16,19H,4,6,9-10,12H2,1-3H3. The maximum atomic E-state index is 10.7. The molecule has 0 aromatic heterocycles. The monoisotopic (exact) mass is 262 g/mol. The number of aliphatic hydroxyl groups is 1. The van der Waals surface area contributed by atoms with Crippen LogP contribution in [0.4, 0.5) is 0 Å². The Balaban J connectivity index is 2.17. The number of hydrogen-bond donors (Lipinski definition) is 1. The third-order valence-corrected chi connectivity index (χ3v) is 4.18. The van der Waals surface area contributed by atoms with E-state index in [1.165, 1.54) is 12.0 Å². The number of likely N-dealkylation sites (N-methyl/N-ethyl adjacent to an activating group) is 2. The molecule has 0 aliphatic carbocycles. The van der Waals surface area contributed by atoms with E-state index in [4.69, 9.17) is 0 Å². The molecular weight excluding hydrogens is 236 g/mol. The molecule has 3 heteroatoms. The summed E-state index contributed by atoms with van der Waals surface area (Å²) in [6.45, 7) is 5.24. The molecule has 2 rings (SSSR count). The second-order valence-corrected chi connectivity index (χ2v) is 5.71. The number of nitrogens with zero attached hydrogens (tertiary/aromatic N) is 2. The molecule has 106 valence electrons. The van der Waals surface area contributed by atoms with Crippen LogP contribution in [0.1, 0.15) is 30.6 Å². The van der Waals surface area contributed by atoms with Crippen LogP contribution >= 0.6 is 0 Å². The predicted molar refractivity (Wildman–Crippen MR) is 79.3 cm³/mol. The van der Waals surface area contributed by atoms with E-state index in [0.717, 1.165) is 31.6 Å². The summed E-state index contributed by atoms with van der Waals surface area (Å²) >= 11 is 0. The molecule has 1 aliphatic heterocycles. The van der Waals surface area contributed by atoms with Crippen molar-refractivity contribution in [3.63, 3.8) is 0 Å². The first-order valence-corrected chi connectivity index (χ1v) is 7.27. The van der Waals surface area contributed by atoms with Crippen LogP contribution in [0.25, 0.3) is 0 Å². The van der Waals surface area contributed by atoms with Crippen LogP contribution in [0.15, 0.2) is 24.3 Å². The third-order valence-electron chi connectivity index (χ3n) is 4.18. The minimum atomic E-state index is -0.406. The molecule has 1 N–H and O–H groups in total. The van der Waals surface area contributed by atoms with E-state index in [9.17, 15) is 5.11 Å². The topological polar surface area (TPSA) is 26.7 Å². The van der Waals surface area contributed by atoms with Crippen molar-refractivity contribution in [2.75, 3.05) is 33.7 Å². The highest BCUT2D eigenvalue weighted by molar-refractivity contribution is 5.26. The Labute approximate surface area is 116 Å². The quantitative estimate of drug-likeness (QED) is 0.901. The lowest BCUT2D eigenvalue weighted by atomic mass is 9.98. The van der Waals surface area contributed by atoms with Gasteiger partial charge in [0.15, 0.2) is 0 Å². The van der Waals surface area contributed by atoms with Gasteiger partial charge in [-0.05, 0) is 51.2 Å². The van der Waals surface area contributed by atoms with Crippen LogP contribution < -0.4 is 0 Å². The van der Waals surface area contributed by atoms with Crippen molar-refractivity contribution >= 4 is 0 Å². The van der Waals surface area contributed by atoms with Crippen LogP contribution in [-0.4, -0.2) is 54.7 Å². The summed E-state index contributed by atoms with van der Waals surface area (Å²) in [6.07, 6.45) is 1.78. The van der Waals surface area contributed by atoms with Gasteiger partial charge in [0, 0.05) is 6.54 Å². The Bertz CT molecular complexity index is 407. The first kappa shape index (κ1) is 14.5. The molecule has 1 aromatic rings. The Morgan fingerprint density at radius 2 is 2.11 bits per heavy atom. The summed E-state index contributed by atoms with van der Waals surface area (Å²) in [5.74, 6) is 0. The molecule has 1 fully saturated rings. The van der Waals surface area contributed by atoms with Crippen molar-refractivity contribution in [2.24, 2.45) is 0 Å². The van der Waals surface area contributed by atoms with Gasteiger partial charge in [-0.25, -0.2) is 0 Å². The summed E-state index contributed by atoms with van der Waals surface area (Å²) in [5.41, 5.74) is 2.34. The average Bonchev–Trinajstić information content (AvgIpc) is 2.59. The third kappa shape index (κ3) is 3.56. The fourth-order valence-electron chi connectivity index (χ4n) is 2.87. The predicted octanol–water partition coefficient (Wildman–Crippen LogP) is 1.92. The molecular formula is C16H26N2O. The zero-order chi connectivity index (χ0) is 13.8. The molecule has 0 bridgehead atoms. The number of rotatable bonds is 3. The number of aryl methyl sites for hydroxylation is 1. The van der Waals surface area contributed by atoms with Crippen molar-refractivity contribution in [1.29, 1.82) is 0 Å². The Hall–Kier alpha value is -0.900. The van der Waals surface area contributed by atoms with Crippen molar-refractivity contribution < 1.29 is 5.11 Å². The second kappa shape index (κ2) is 6.51. The van der Waals surface area contributed by atoms with Crippen molar-refractivity contribution in [1.82, 2.24) is 9.80 Å². The summed E-state index contributed by atoms with van der Waals surface area (Å²) < 4.78 is 0. The summed E-state index contributed by atoms with van der Waals surface area (Å²) in [7, 11) is 4.26. The highest BCUT2D eigenvalue weighted by Crippen LogP contribution is 2.23. The van der Waals surface area contributed by atoms with Gasteiger partial charge in [-0.1, -0.05) is 31.2 Å². The van der Waals surface area contributed by atoms with Gasteiger partial charge in [0.2, 0.25) is 0 Å². The highest BCUT2D eigenvalue weighted by atomic mass is 16.3. The van der Waals surface area contributed by atoms with Gasteiger partial charge in [-0.2, -0.15) is 0 Å². The van der Waals surface area contributed by atoms with Crippen LogP contribution in [0.2, 0.25) is 0 Å². The maximum absolute atomic E-state index is 10.7. The number of benzene rings is 1. The van der Waals surface area contributed by atoms with E-state index in [1.54, 1.807) is 0 Å². The lowest BCUT2D eigenvalue weighted by Crippen LogP contribution is -2.42. The van der Waals surface area contributed by atoms with E-state index in [-0.39, 0.29) is 6.04 Å². The Morgan fingerprint density at radius 3 is 2.84 bits per heavy atom. The largest absolute Gasteiger partial charge is 0.387 e. The molecule has 0 spiro atoms. The van der Waals surface area contributed by atoms with E-state index in [2.05, 4.69) is 49.0 Å². The first-order valence-electron chi connectivity index (χ1n) is 7.27. The SMILES string of the molecule is CCc1cccc(C(O)C2CN(C)CCCN2C)c1. The fraction of sp³-hybridized carbons (Fsp3) is 0.625. The normalized spacial score (nSPS) is 24.1. The second-order valence-electron chi connectivity index (χ2n) is 5.71. The van der Waals surface area contributed by atoms with Crippen molar-refractivity contribution in [2.45, 2.75) is 31.9 Å². The molecule has 0 radical (unpaired) electrons. The zero-order valence-corrected chi connectivity index (χ0v) is 12.3. The lowest BCUT2D eigenvalue weighted by Gasteiger charge is -2.32. The van der Waals surface area contributed by atoms with Gasteiger partial charge in [0.05, 0.1) is 12.1 Å². The molecule has 1 heterocycles. The van der Waals surface area contributed by atoms with Gasteiger partial charge in [-0.3, -0.25) is 4.90 Å². The van der Waals surface area contributed by atoms with Crippen molar-refractivity contribution in [3.8, 4) is 0 Å². The fourth-order valence-corrected chi connectivity index (χ4v) is 2.87. The average molecular weight is 262 g/mol. The summed E-state index contributed by atoms with van der Waals surface area (Å²) in [5, 5.41) is 10.7. The minimum absolute atomic E-state index is 0.180. The van der Waals surface area contributed by atoms with Crippen LogP contribution in [0.5, 0.6) is 0 Å². The Kier molecular flexibility index (Phi) is 4.97. The van der Waals surface area contributed by atoms with Gasteiger partial charge in [0.25, 0.3) is 0 Å². The molecule has 1 saturated heterocycles. The van der Waals surface area contributed by atoms with E-state index < -0.39 is 6.10 Å². The van der Waals surface area contributed by atoms with Crippen LogP contribution in [-0.2, 0) is 6.42 Å². The summed E-state index contributed by atoms with van der Waals surface area (Å²) in [6, 6.07) is 8.54. The van der Waals surface area contributed by atoms with Gasteiger partial charge >= 0.3 is 0 Å². The van der Waals surface area contributed by atoms with E-state index in [1.807, 2.05) is 6.07 Å². The first-order chi connectivity index (χ1) is 9.11. The minimum Gasteiger partial charge on any atom is -0.387 e. The molecule has 1 aliphatic rings. The molecule has 2 unspecified atom stereocenters. The van der Waals surface area contributed by atoms with E-state index in [0.29, 0.717) is 0 Å². The van der Waals surface area contributed by atoms with Gasteiger partial charge in [0.1, 0.15) is 0 Å². The molecule has 1 aromatic carbocycles. The van der Waals surface area contributed by atoms with Gasteiger partial charge < -0.3 is 10.0 Å². The highest BCUT2D eigenvalue weighted by Gasteiger charge is 2.28.